The van der Waals surface area contributed by atoms with E-state index < -0.39 is 16.7 Å². The Morgan fingerprint density at radius 1 is 1.10 bits per heavy atom. The van der Waals surface area contributed by atoms with Gasteiger partial charge in [0.25, 0.3) is 5.69 Å². The zero-order valence-corrected chi connectivity index (χ0v) is 15.7. The van der Waals surface area contributed by atoms with Crippen LogP contribution in [-0.4, -0.2) is 43.2 Å². The number of nitrogens with zero attached hydrogens (tertiary/aromatic N) is 2. The van der Waals surface area contributed by atoms with Crippen molar-refractivity contribution in [3.05, 3.63) is 69.8 Å². The predicted molar refractivity (Wildman–Crippen MR) is 104 cm³/mol. The van der Waals surface area contributed by atoms with E-state index in [9.17, 15) is 19.7 Å². The number of methoxy groups -OCH3 is 1. The first kappa shape index (κ1) is 21.5. The molecule has 0 aliphatic rings. The van der Waals surface area contributed by atoms with Crippen molar-refractivity contribution in [2.45, 2.75) is 6.61 Å². The van der Waals surface area contributed by atoms with Gasteiger partial charge in [-0.15, -0.1) is 0 Å². The first-order valence-electron chi connectivity index (χ1n) is 8.56. The topological polar surface area (TPSA) is 132 Å². The molecule has 0 atom stereocenters. The van der Waals surface area contributed by atoms with Gasteiger partial charge in [-0.05, 0) is 47.5 Å². The lowest BCUT2D eigenvalue weighted by Gasteiger charge is -2.06. The molecule has 2 rings (SSSR count). The summed E-state index contributed by atoms with van der Waals surface area (Å²) in [6, 6.07) is 13.0. The smallest absolute Gasteiger partial charge is 0.329 e. The van der Waals surface area contributed by atoms with Crippen LogP contribution >= 0.6 is 0 Å². The van der Waals surface area contributed by atoms with Crippen molar-refractivity contribution in [3.63, 3.8) is 0 Å². The molecule has 0 spiro atoms. The molecule has 0 saturated carbocycles. The van der Waals surface area contributed by atoms with Crippen molar-refractivity contribution in [1.82, 2.24) is 10.7 Å². The van der Waals surface area contributed by atoms with Gasteiger partial charge in [-0.1, -0.05) is 0 Å². The minimum Gasteiger partial charge on any atom is -0.489 e. The molecule has 0 bridgehead atoms. The van der Waals surface area contributed by atoms with E-state index in [1.54, 1.807) is 36.4 Å². The molecule has 2 aromatic rings. The SMILES string of the molecule is COCCNC(=O)C(=O)N/N=C\c1ccc(OCc2ccc([N+](=O)[O-])cc2)cc1. The van der Waals surface area contributed by atoms with E-state index >= 15 is 0 Å². The Labute approximate surface area is 166 Å². The summed E-state index contributed by atoms with van der Waals surface area (Å²) in [6.45, 7) is 0.800. The number of ether oxygens (including phenoxy) is 2. The van der Waals surface area contributed by atoms with Crippen LogP contribution in [-0.2, 0) is 20.9 Å². The van der Waals surface area contributed by atoms with Gasteiger partial charge in [0.15, 0.2) is 0 Å². The number of carbonyl (C=O) groups is 2. The molecule has 2 aromatic carbocycles. The molecule has 0 heterocycles. The van der Waals surface area contributed by atoms with Gasteiger partial charge in [-0.2, -0.15) is 5.10 Å². The quantitative estimate of drug-likeness (QED) is 0.215. The van der Waals surface area contributed by atoms with E-state index in [0.29, 0.717) is 17.9 Å². The number of hydrogen-bond acceptors (Lipinski definition) is 7. The van der Waals surface area contributed by atoms with Crippen molar-refractivity contribution in [3.8, 4) is 5.75 Å². The van der Waals surface area contributed by atoms with E-state index in [-0.39, 0.29) is 18.8 Å². The Morgan fingerprint density at radius 3 is 2.41 bits per heavy atom. The van der Waals surface area contributed by atoms with Crippen LogP contribution in [0.15, 0.2) is 53.6 Å². The molecule has 2 N–H and O–H groups in total. The lowest BCUT2D eigenvalue weighted by molar-refractivity contribution is -0.384. The second-order valence-corrected chi connectivity index (χ2v) is 5.73. The van der Waals surface area contributed by atoms with Crippen LogP contribution in [0.5, 0.6) is 5.75 Å². The van der Waals surface area contributed by atoms with E-state index in [1.165, 1.54) is 25.5 Å². The van der Waals surface area contributed by atoms with Crippen LogP contribution in [0, 0.1) is 10.1 Å². The van der Waals surface area contributed by atoms with Gasteiger partial charge in [0.1, 0.15) is 12.4 Å². The summed E-state index contributed by atoms with van der Waals surface area (Å²) in [6.07, 6.45) is 1.39. The Hall–Kier alpha value is -3.79. The van der Waals surface area contributed by atoms with E-state index in [1.807, 2.05) is 0 Å². The normalized spacial score (nSPS) is 10.5. The summed E-state index contributed by atoms with van der Waals surface area (Å²) >= 11 is 0. The fourth-order valence-electron chi connectivity index (χ4n) is 2.09. The van der Waals surface area contributed by atoms with Gasteiger partial charge in [-0.3, -0.25) is 19.7 Å². The maximum atomic E-state index is 11.5. The second-order valence-electron chi connectivity index (χ2n) is 5.73. The lowest BCUT2D eigenvalue weighted by Crippen LogP contribution is -2.39. The number of benzene rings is 2. The van der Waals surface area contributed by atoms with Crippen molar-refractivity contribution < 1.29 is 24.0 Å². The van der Waals surface area contributed by atoms with E-state index in [4.69, 9.17) is 9.47 Å². The standard InChI is InChI=1S/C19H20N4O6/c1-28-11-10-20-18(24)19(25)22-21-12-14-4-8-17(9-5-14)29-13-15-2-6-16(7-3-15)23(26)27/h2-9,12H,10-11,13H2,1H3,(H,20,24)(H,22,25)/b21-12-. The Bertz CT molecular complexity index is 865. The number of amides is 2. The summed E-state index contributed by atoms with van der Waals surface area (Å²) in [4.78, 5) is 33.1. The van der Waals surface area contributed by atoms with Gasteiger partial charge in [-0.25, -0.2) is 5.43 Å². The second kappa shape index (κ2) is 11.1. The highest BCUT2D eigenvalue weighted by Gasteiger charge is 2.11. The number of hydrogen-bond donors (Lipinski definition) is 2. The fraction of sp³-hybridized carbons (Fsp3) is 0.211. The minimum atomic E-state index is -0.875. The molecule has 10 nitrogen and oxygen atoms in total. The summed E-state index contributed by atoms with van der Waals surface area (Å²) in [5.41, 5.74) is 3.64. The summed E-state index contributed by atoms with van der Waals surface area (Å²) < 4.78 is 10.4. The molecule has 0 aromatic heterocycles. The highest BCUT2D eigenvalue weighted by molar-refractivity contribution is 6.35. The molecule has 10 heteroatoms. The van der Waals surface area contributed by atoms with Crippen LogP contribution in [0.2, 0.25) is 0 Å². The highest BCUT2D eigenvalue weighted by Crippen LogP contribution is 2.16. The average molecular weight is 400 g/mol. The molecule has 29 heavy (non-hydrogen) atoms. The van der Waals surface area contributed by atoms with Crippen LogP contribution in [0.4, 0.5) is 5.69 Å². The first-order chi connectivity index (χ1) is 14.0. The summed E-state index contributed by atoms with van der Waals surface area (Å²) in [5.74, 6) is -1.07. The third kappa shape index (κ3) is 7.39. The van der Waals surface area contributed by atoms with Gasteiger partial charge < -0.3 is 14.8 Å². The maximum Gasteiger partial charge on any atom is 0.329 e. The number of carbonyl (C=O) groups excluding carboxylic acids is 2. The third-order valence-corrected chi connectivity index (χ3v) is 3.61. The summed E-state index contributed by atoms with van der Waals surface area (Å²) in [7, 11) is 1.49. The molecule has 0 saturated heterocycles. The zero-order chi connectivity index (χ0) is 21.1. The molecule has 0 unspecified atom stereocenters. The molecule has 0 aliphatic carbocycles. The van der Waals surface area contributed by atoms with Gasteiger partial charge >= 0.3 is 11.8 Å². The van der Waals surface area contributed by atoms with Crippen molar-refractivity contribution >= 4 is 23.7 Å². The molecule has 152 valence electrons. The number of nitrogens with one attached hydrogen (secondary N) is 2. The van der Waals surface area contributed by atoms with E-state index in [2.05, 4.69) is 15.8 Å². The zero-order valence-electron chi connectivity index (χ0n) is 15.7. The Morgan fingerprint density at radius 2 is 1.79 bits per heavy atom. The Kier molecular flexibility index (Phi) is 8.27. The van der Waals surface area contributed by atoms with Gasteiger partial charge in [0.05, 0.1) is 17.7 Å². The van der Waals surface area contributed by atoms with Gasteiger partial charge in [0, 0.05) is 25.8 Å². The molecule has 0 fully saturated rings. The molecule has 0 aliphatic heterocycles. The molecule has 0 radical (unpaired) electrons. The minimum absolute atomic E-state index is 0.0249. The van der Waals surface area contributed by atoms with Crippen LogP contribution < -0.4 is 15.5 Å². The molecule has 2 amide bonds. The average Bonchev–Trinajstić information content (AvgIpc) is 2.73. The highest BCUT2D eigenvalue weighted by atomic mass is 16.6. The van der Waals surface area contributed by atoms with Crippen molar-refractivity contribution in [2.24, 2.45) is 5.10 Å². The number of nitro benzene ring substituents is 1. The van der Waals surface area contributed by atoms with Gasteiger partial charge in [0.2, 0.25) is 0 Å². The summed E-state index contributed by atoms with van der Waals surface area (Å²) in [5, 5.41) is 16.7. The number of nitro groups is 1. The lowest BCUT2D eigenvalue weighted by atomic mass is 10.2. The van der Waals surface area contributed by atoms with Crippen molar-refractivity contribution in [1.29, 1.82) is 0 Å². The Balaban J connectivity index is 1.79. The van der Waals surface area contributed by atoms with E-state index in [0.717, 1.165) is 5.56 Å². The predicted octanol–water partition coefficient (Wildman–Crippen LogP) is 1.39. The number of non-ortho nitro benzene ring substituents is 1. The molecular formula is C19H20N4O6. The maximum absolute atomic E-state index is 11.5. The van der Waals surface area contributed by atoms with Crippen LogP contribution in [0.1, 0.15) is 11.1 Å². The van der Waals surface area contributed by atoms with Crippen molar-refractivity contribution in [2.75, 3.05) is 20.3 Å². The number of rotatable bonds is 9. The number of hydrazone groups is 1. The van der Waals surface area contributed by atoms with Crippen LogP contribution in [0.3, 0.4) is 0 Å². The monoisotopic (exact) mass is 400 g/mol. The largest absolute Gasteiger partial charge is 0.489 e. The first-order valence-corrected chi connectivity index (χ1v) is 8.56. The third-order valence-electron chi connectivity index (χ3n) is 3.61. The molecular weight excluding hydrogens is 380 g/mol. The van der Waals surface area contributed by atoms with Crippen LogP contribution in [0.25, 0.3) is 0 Å². The fourth-order valence-corrected chi connectivity index (χ4v) is 2.09.